The minimum Gasteiger partial charge on any atom is -0.480 e. The molecule has 2 rings (SSSR count). The van der Waals surface area contributed by atoms with Gasteiger partial charge in [0.2, 0.25) is 0 Å². The summed E-state index contributed by atoms with van der Waals surface area (Å²) in [6.07, 6.45) is 6.85. The van der Waals surface area contributed by atoms with Crippen LogP contribution in [0.3, 0.4) is 0 Å². The molecule has 1 amide bonds. The lowest BCUT2D eigenvalue weighted by Crippen LogP contribution is -2.43. The van der Waals surface area contributed by atoms with E-state index in [1.54, 1.807) is 43.5 Å². The number of carbonyl (C=O) groups excluding carboxylic acids is 1. The molecule has 0 bridgehead atoms. The number of carbonyl (C=O) groups is 2. The molecule has 5 nitrogen and oxygen atoms in total. The van der Waals surface area contributed by atoms with E-state index in [2.05, 4.69) is 0 Å². The molecular formula is C14H13NO4S2. The lowest BCUT2D eigenvalue weighted by atomic mass is 10.2. The number of carboxylic acid groups (broad SMARTS) is 1. The molecular weight excluding hydrogens is 310 g/mol. The van der Waals surface area contributed by atoms with Crippen LogP contribution in [0.15, 0.2) is 39.9 Å². The highest BCUT2D eigenvalue weighted by atomic mass is 32.2. The van der Waals surface area contributed by atoms with E-state index in [9.17, 15) is 9.59 Å². The number of allylic oxidation sites excluding steroid dienone is 2. The first-order valence-corrected chi connectivity index (χ1v) is 7.47. The van der Waals surface area contributed by atoms with Gasteiger partial charge in [0.1, 0.15) is 16.1 Å². The predicted molar refractivity (Wildman–Crippen MR) is 84.6 cm³/mol. The molecule has 1 aliphatic rings. The molecule has 1 fully saturated rings. The van der Waals surface area contributed by atoms with Gasteiger partial charge in [0.15, 0.2) is 0 Å². The largest absolute Gasteiger partial charge is 0.480 e. The number of aliphatic carboxylic acids is 1. The Balaban J connectivity index is 2.15. The van der Waals surface area contributed by atoms with Crippen molar-refractivity contribution in [3.63, 3.8) is 0 Å². The normalized spacial score (nSPS) is 18.9. The van der Waals surface area contributed by atoms with Crippen molar-refractivity contribution in [1.29, 1.82) is 0 Å². The Morgan fingerprint density at radius 2 is 2.38 bits per heavy atom. The average molecular weight is 323 g/mol. The number of amides is 1. The molecule has 0 aliphatic carbocycles. The summed E-state index contributed by atoms with van der Waals surface area (Å²) in [5.74, 6) is -0.761. The fourth-order valence-electron chi connectivity index (χ4n) is 1.85. The van der Waals surface area contributed by atoms with Gasteiger partial charge in [0, 0.05) is 0 Å². The van der Waals surface area contributed by atoms with Gasteiger partial charge in [-0.15, -0.1) is 0 Å². The van der Waals surface area contributed by atoms with Crippen LogP contribution in [0, 0.1) is 0 Å². The number of hydrogen-bond acceptors (Lipinski definition) is 5. The Kier molecular flexibility index (Phi) is 4.98. The maximum Gasteiger partial charge on any atom is 0.326 e. The highest BCUT2D eigenvalue weighted by molar-refractivity contribution is 8.26. The molecule has 110 valence electrons. The van der Waals surface area contributed by atoms with Gasteiger partial charge in [-0.05, 0) is 30.7 Å². The van der Waals surface area contributed by atoms with Crippen LogP contribution >= 0.6 is 24.0 Å². The molecule has 7 heteroatoms. The Morgan fingerprint density at radius 1 is 1.62 bits per heavy atom. The van der Waals surface area contributed by atoms with Crippen LogP contribution in [0.1, 0.15) is 19.1 Å². The third-order valence-corrected chi connectivity index (χ3v) is 4.21. The quantitative estimate of drug-likeness (QED) is 0.663. The first-order valence-electron chi connectivity index (χ1n) is 6.24. The summed E-state index contributed by atoms with van der Waals surface area (Å²) in [5, 5.41) is 9.15. The average Bonchev–Trinajstić information content (AvgIpc) is 3.03. The third-order valence-electron chi connectivity index (χ3n) is 2.86. The van der Waals surface area contributed by atoms with E-state index < -0.39 is 12.0 Å². The van der Waals surface area contributed by atoms with Crippen molar-refractivity contribution in [3.8, 4) is 0 Å². The van der Waals surface area contributed by atoms with Gasteiger partial charge in [-0.2, -0.15) is 0 Å². The van der Waals surface area contributed by atoms with E-state index in [4.69, 9.17) is 21.7 Å². The van der Waals surface area contributed by atoms with Gasteiger partial charge >= 0.3 is 5.97 Å². The first-order chi connectivity index (χ1) is 10.0. The van der Waals surface area contributed by atoms with Gasteiger partial charge in [0.05, 0.1) is 11.2 Å². The zero-order chi connectivity index (χ0) is 15.4. The first kappa shape index (κ1) is 15.5. The topological polar surface area (TPSA) is 70.8 Å². The Labute approximate surface area is 131 Å². The van der Waals surface area contributed by atoms with Crippen LogP contribution in [-0.2, 0) is 9.59 Å². The van der Waals surface area contributed by atoms with Crippen molar-refractivity contribution in [1.82, 2.24) is 4.90 Å². The van der Waals surface area contributed by atoms with E-state index in [1.807, 2.05) is 0 Å². The molecule has 1 aliphatic heterocycles. The zero-order valence-electron chi connectivity index (χ0n) is 11.2. The monoisotopic (exact) mass is 323 g/mol. The maximum atomic E-state index is 12.2. The van der Waals surface area contributed by atoms with Crippen molar-refractivity contribution in [2.45, 2.75) is 19.4 Å². The molecule has 0 spiro atoms. The maximum absolute atomic E-state index is 12.2. The van der Waals surface area contributed by atoms with Crippen LogP contribution < -0.4 is 0 Å². The number of rotatable bonds is 5. The summed E-state index contributed by atoms with van der Waals surface area (Å²) in [4.78, 5) is 25.0. The van der Waals surface area contributed by atoms with Crippen LogP contribution in [0.2, 0.25) is 0 Å². The molecule has 21 heavy (non-hydrogen) atoms. The van der Waals surface area contributed by atoms with E-state index in [-0.39, 0.29) is 10.2 Å². The molecule has 0 aromatic carbocycles. The lowest BCUT2D eigenvalue weighted by molar-refractivity contribution is -0.145. The van der Waals surface area contributed by atoms with Gasteiger partial charge in [0.25, 0.3) is 5.91 Å². The minimum atomic E-state index is -1.05. The second-order valence-corrected chi connectivity index (χ2v) is 5.89. The Morgan fingerprint density at radius 3 is 2.95 bits per heavy atom. The molecule has 1 saturated heterocycles. The highest BCUT2D eigenvalue weighted by Gasteiger charge is 2.39. The number of thioether (sulfide) groups is 1. The molecule has 1 aromatic heterocycles. The molecule has 0 unspecified atom stereocenters. The lowest BCUT2D eigenvalue weighted by Gasteiger charge is -2.21. The van der Waals surface area contributed by atoms with Crippen LogP contribution in [0.4, 0.5) is 0 Å². The van der Waals surface area contributed by atoms with Gasteiger partial charge in [-0.25, -0.2) is 4.79 Å². The standard InChI is InChI=1S/C14H13NO4S2/c1-2-10(13(17)18)15-12(16)11(21-14(15)20)7-3-5-9-6-4-8-19-9/h3-8,10H,2H2,1H3,(H,17,18)/b5-3+,11-7-/t10-/m1/s1. The number of furan rings is 1. The highest BCUT2D eigenvalue weighted by Crippen LogP contribution is 2.33. The van der Waals surface area contributed by atoms with Crippen molar-refractivity contribution >= 4 is 46.3 Å². The minimum absolute atomic E-state index is 0.270. The van der Waals surface area contributed by atoms with Crippen molar-refractivity contribution in [3.05, 3.63) is 41.2 Å². The van der Waals surface area contributed by atoms with Crippen LogP contribution in [0.25, 0.3) is 6.08 Å². The SMILES string of the molecule is CC[C@H](C(=O)O)N1C(=O)/C(=C/C=C/c2ccco2)SC1=S. The molecule has 0 saturated carbocycles. The predicted octanol–water partition coefficient (Wildman–Crippen LogP) is 2.90. The van der Waals surface area contributed by atoms with Crippen LogP contribution in [0.5, 0.6) is 0 Å². The third kappa shape index (κ3) is 3.43. The second kappa shape index (κ2) is 6.73. The van der Waals surface area contributed by atoms with E-state index in [0.717, 1.165) is 16.7 Å². The number of thiocarbonyl (C=S) groups is 1. The zero-order valence-corrected chi connectivity index (χ0v) is 12.8. The molecule has 2 heterocycles. The fourth-order valence-corrected chi connectivity index (χ4v) is 3.16. The summed E-state index contributed by atoms with van der Waals surface area (Å²) >= 11 is 6.21. The number of hydrogen-bond donors (Lipinski definition) is 1. The van der Waals surface area contributed by atoms with Gasteiger partial charge in [-0.1, -0.05) is 37.0 Å². The van der Waals surface area contributed by atoms with Gasteiger partial charge < -0.3 is 9.52 Å². The van der Waals surface area contributed by atoms with E-state index in [1.165, 1.54) is 0 Å². The molecule has 1 aromatic rings. The van der Waals surface area contributed by atoms with Crippen molar-refractivity contribution in [2.75, 3.05) is 0 Å². The molecule has 1 N–H and O–H groups in total. The molecule has 0 radical (unpaired) electrons. The van der Waals surface area contributed by atoms with E-state index >= 15 is 0 Å². The summed E-state index contributed by atoms with van der Waals surface area (Å²) in [5.41, 5.74) is 0. The van der Waals surface area contributed by atoms with Crippen molar-refractivity contribution < 1.29 is 19.1 Å². The summed E-state index contributed by atoms with van der Waals surface area (Å²) < 4.78 is 5.40. The number of nitrogens with zero attached hydrogens (tertiary/aromatic N) is 1. The van der Waals surface area contributed by atoms with Crippen molar-refractivity contribution in [2.24, 2.45) is 0 Å². The second-order valence-electron chi connectivity index (χ2n) is 4.21. The summed E-state index contributed by atoms with van der Waals surface area (Å²) in [6, 6.07) is 2.63. The Hall–Kier alpha value is -1.86. The smallest absolute Gasteiger partial charge is 0.326 e. The number of carboxylic acids is 1. The Bertz CT molecular complexity index is 619. The fraction of sp³-hybridized carbons (Fsp3) is 0.214. The van der Waals surface area contributed by atoms with Gasteiger partial charge in [-0.3, -0.25) is 9.69 Å². The summed E-state index contributed by atoms with van der Waals surface area (Å²) in [7, 11) is 0. The molecule has 1 atom stereocenters. The van der Waals surface area contributed by atoms with E-state index in [0.29, 0.717) is 17.1 Å². The summed E-state index contributed by atoms with van der Waals surface area (Å²) in [6.45, 7) is 1.71. The van der Waals surface area contributed by atoms with Crippen LogP contribution in [-0.4, -0.2) is 32.2 Å².